The van der Waals surface area contributed by atoms with Crippen LogP contribution in [0.5, 0.6) is 5.75 Å². The molecule has 0 spiro atoms. The Morgan fingerprint density at radius 1 is 1.38 bits per heavy atom. The number of nitrogens with zero attached hydrogens (tertiary/aromatic N) is 1. The van der Waals surface area contributed by atoms with Crippen LogP contribution >= 0.6 is 11.2 Å². The molecule has 114 valence electrons. The molecule has 0 aliphatic carbocycles. The maximum atomic E-state index is 12.6. The third-order valence-corrected chi connectivity index (χ3v) is 3.68. The number of alkyl halides is 3. The average molecular weight is 319 g/mol. The molecule has 0 saturated carbocycles. The summed E-state index contributed by atoms with van der Waals surface area (Å²) in [5, 5.41) is 1.45. The number of hydrogen-bond donors (Lipinski definition) is 1. The fourth-order valence-electron chi connectivity index (χ4n) is 1.52. The minimum atomic E-state index is -4.43. The van der Waals surface area contributed by atoms with Crippen LogP contribution in [0.4, 0.5) is 13.2 Å². The van der Waals surface area contributed by atoms with Crippen LogP contribution in [-0.4, -0.2) is 18.1 Å². The van der Waals surface area contributed by atoms with Gasteiger partial charge >= 0.3 is 12.1 Å². The molecule has 0 fully saturated rings. The minimum Gasteiger partial charge on any atom is -0.461 e. The van der Waals surface area contributed by atoms with Gasteiger partial charge in [-0.25, -0.2) is 9.79 Å². The van der Waals surface area contributed by atoms with E-state index in [1.807, 2.05) is 0 Å². The number of benzene rings is 1. The third-order valence-electron chi connectivity index (χ3n) is 2.42. The van der Waals surface area contributed by atoms with Gasteiger partial charge in [-0.15, -0.1) is 0 Å². The van der Waals surface area contributed by atoms with Crippen LogP contribution < -0.4 is 4.18 Å². The highest BCUT2D eigenvalue weighted by Gasteiger charge is 2.30. The zero-order valence-electron chi connectivity index (χ0n) is 10.9. The highest BCUT2D eigenvalue weighted by Crippen LogP contribution is 2.37. The van der Waals surface area contributed by atoms with Crippen molar-refractivity contribution in [2.45, 2.75) is 13.1 Å². The summed E-state index contributed by atoms with van der Waals surface area (Å²) in [5.41, 5.74) is 0.706. The van der Waals surface area contributed by atoms with Crippen LogP contribution in [0.15, 0.2) is 40.4 Å². The van der Waals surface area contributed by atoms with Gasteiger partial charge in [-0.3, -0.25) is 0 Å². The Hall–Kier alpha value is -1.96. The Kier molecular flexibility index (Phi) is 4.56. The van der Waals surface area contributed by atoms with Crippen molar-refractivity contribution >= 4 is 22.7 Å². The van der Waals surface area contributed by atoms with Crippen molar-refractivity contribution in [2.75, 3.05) is 6.61 Å². The van der Waals surface area contributed by atoms with Crippen molar-refractivity contribution in [3.8, 4) is 5.75 Å². The van der Waals surface area contributed by atoms with E-state index >= 15 is 0 Å². The Morgan fingerprint density at radius 2 is 2.14 bits per heavy atom. The number of halogens is 3. The molecule has 0 bridgehead atoms. The molecule has 1 aromatic carbocycles. The van der Waals surface area contributed by atoms with Crippen molar-refractivity contribution in [3.05, 3.63) is 40.9 Å². The summed E-state index contributed by atoms with van der Waals surface area (Å²) < 4.78 is 47.9. The first-order valence-corrected chi connectivity index (χ1v) is 7.36. The number of carbonyl (C=O) groups excluding carboxylic acids is 1. The number of ether oxygens (including phenoxy) is 1. The molecule has 2 rings (SSSR count). The lowest BCUT2D eigenvalue weighted by Crippen LogP contribution is -2.05. The van der Waals surface area contributed by atoms with Crippen molar-refractivity contribution < 1.29 is 26.9 Å². The molecule has 4 nitrogen and oxygen atoms in total. The first-order valence-electron chi connectivity index (χ1n) is 5.97. The quantitative estimate of drug-likeness (QED) is 0.683. The molecule has 0 N–H and O–H groups in total. The van der Waals surface area contributed by atoms with Gasteiger partial charge in [0.15, 0.2) is 5.70 Å². The van der Waals surface area contributed by atoms with Crippen molar-refractivity contribution in [1.82, 2.24) is 0 Å². The van der Waals surface area contributed by atoms with Gasteiger partial charge in [-0.2, -0.15) is 13.2 Å². The second-order valence-electron chi connectivity index (χ2n) is 3.96. The first-order chi connectivity index (χ1) is 9.90. The molecule has 21 heavy (non-hydrogen) atoms. The van der Waals surface area contributed by atoms with Gasteiger partial charge in [0.05, 0.1) is 17.7 Å². The van der Waals surface area contributed by atoms with E-state index in [4.69, 9.17) is 8.92 Å². The van der Waals surface area contributed by atoms with E-state index in [1.54, 1.807) is 6.92 Å². The van der Waals surface area contributed by atoms with Gasteiger partial charge in [-0.05, 0) is 36.3 Å². The highest BCUT2D eigenvalue weighted by atomic mass is 32.2. The fraction of sp³-hybridized carbons (Fsp3) is 0.231. The van der Waals surface area contributed by atoms with E-state index in [9.17, 15) is 18.0 Å². The third kappa shape index (κ3) is 4.01. The molecule has 1 heterocycles. The number of rotatable bonds is 4. The molecule has 1 aliphatic heterocycles. The predicted octanol–water partition coefficient (Wildman–Crippen LogP) is 3.45. The summed E-state index contributed by atoms with van der Waals surface area (Å²) >= 11 is -1.37. The lowest BCUT2D eigenvalue weighted by Gasteiger charge is -2.13. The van der Waals surface area contributed by atoms with Gasteiger partial charge in [0.25, 0.3) is 0 Å². The topological polar surface area (TPSA) is 47.9 Å². The molecular formula is C13H12F3NO3S. The molecule has 0 amide bonds. The molecule has 0 aromatic heterocycles. The summed E-state index contributed by atoms with van der Waals surface area (Å²) in [6, 6.07) is 4.55. The SMILES string of the molecule is CCOC(=O)C1=C[SH](Oc2cccc(C(F)(F)F)c2)C=N1. The fourth-order valence-corrected chi connectivity index (χ4v) is 2.69. The number of thiol groups is 1. The lowest BCUT2D eigenvalue weighted by atomic mass is 10.2. The number of hydrogen-bond acceptors (Lipinski definition) is 4. The van der Waals surface area contributed by atoms with Crippen molar-refractivity contribution in [2.24, 2.45) is 4.99 Å². The zero-order valence-corrected chi connectivity index (χ0v) is 11.8. The average Bonchev–Trinajstić information content (AvgIpc) is 2.87. The van der Waals surface area contributed by atoms with Crippen LogP contribution in [0.3, 0.4) is 0 Å². The number of esters is 1. The zero-order chi connectivity index (χ0) is 15.5. The van der Waals surface area contributed by atoms with Gasteiger partial charge in [-0.1, -0.05) is 6.07 Å². The van der Waals surface area contributed by atoms with Gasteiger partial charge in [0.2, 0.25) is 0 Å². The number of aliphatic imine (C=N–C) groups is 1. The van der Waals surface area contributed by atoms with Crippen LogP contribution in [0.1, 0.15) is 12.5 Å². The smallest absolute Gasteiger partial charge is 0.416 e. The van der Waals surface area contributed by atoms with Crippen LogP contribution in [0.25, 0.3) is 0 Å². The second-order valence-corrected chi connectivity index (χ2v) is 5.35. The lowest BCUT2D eigenvalue weighted by molar-refractivity contribution is -0.139. The van der Waals surface area contributed by atoms with Gasteiger partial charge in [0, 0.05) is 5.41 Å². The van der Waals surface area contributed by atoms with E-state index in [0.717, 1.165) is 12.1 Å². The normalized spacial score (nSPS) is 19.2. The monoisotopic (exact) mass is 319 g/mol. The van der Waals surface area contributed by atoms with E-state index in [1.165, 1.54) is 23.1 Å². The number of carbonyl (C=O) groups is 1. The molecule has 0 saturated heterocycles. The predicted molar refractivity (Wildman–Crippen MR) is 74.3 cm³/mol. The molecule has 1 atom stereocenters. The van der Waals surface area contributed by atoms with E-state index in [2.05, 4.69) is 4.99 Å². The van der Waals surface area contributed by atoms with Crippen LogP contribution in [0, 0.1) is 0 Å². The Morgan fingerprint density at radius 3 is 2.81 bits per heavy atom. The van der Waals surface area contributed by atoms with Crippen LogP contribution in [-0.2, 0) is 15.7 Å². The summed E-state index contributed by atoms with van der Waals surface area (Å²) in [5.74, 6) is -0.505. The summed E-state index contributed by atoms with van der Waals surface area (Å²) in [6.45, 7) is 1.89. The summed E-state index contributed by atoms with van der Waals surface area (Å²) in [6.07, 6.45) is -4.43. The Labute approximate surface area is 121 Å². The van der Waals surface area contributed by atoms with Crippen LogP contribution in [0.2, 0.25) is 0 Å². The highest BCUT2D eigenvalue weighted by molar-refractivity contribution is 8.27. The second kappa shape index (κ2) is 6.21. The summed E-state index contributed by atoms with van der Waals surface area (Å²) in [7, 11) is 0. The van der Waals surface area contributed by atoms with E-state index < -0.39 is 28.9 Å². The molecule has 1 aliphatic rings. The van der Waals surface area contributed by atoms with Crippen molar-refractivity contribution in [1.29, 1.82) is 0 Å². The Bertz CT molecular complexity index is 599. The first kappa shape index (κ1) is 15.4. The van der Waals surface area contributed by atoms with Gasteiger partial charge < -0.3 is 8.92 Å². The molecule has 0 radical (unpaired) electrons. The molecule has 1 unspecified atom stereocenters. The molecular weight excluding hydrogens is 307 g/mol. The van der Waals surface area contributed by atoms with Gasteiger partial charge in [0.1, 0.15) is 5.75 Å². The maximum absolute atomic E-state index is 12.6. The summed E-state index contributed by atoms with van der Waals surface area (Å²) in [4.78, 5) is 15.3. The van der Waals surface area contributed by atoms with E-state index in [-0.39, 0.29) is 18.1 Å². The largest absolute Gasteiger partial charge is 0.461 e. The molecule has 1 aromatic rings. The minimum absolute atomic E-state index is 0.0729. The standard InChI is InChI=1S/C13H12F3NO3S/c1-2-19-12(18)11-7-21(8-17-11)20-10-5-3-4-9(6-10)13(14,15)16/h3-8,21H,2H2,1H3. The maximum Gasteiger partial charge on any atom is 0.416 e. The van der Waals surface area contributed by atoms with Crippen molar-refractivity contribution in [3.63, 3.8) is 0 Å². The Balaban J connectivity index is 2.07. The van der Waals surface area contributed by atoms with E-state index in [0.29, 0.717) is 0 Å². The molecule has 8 heteroatoms.